The first kappa shape index (κ1) is 11.1. The van der Waals surface area contributed by atoms with Gasteiger partial charge in [-0.05, 0) is 6.42 Å². The smallest absolute Gasteiger partial charge is 0.231 e. The van der Waals surface area contributed by atoms with Crippen LogP contribution in [0.25, 0.3) is 0 Å². The van der Waals surface area contributed by atoms with Gasteiger partial charge in [0.2, 0.25) is 6.08 Å². The van der Waals surface area contributed by atoms with Gasteiger partial charge in [0.25, 0.3) is 0 Å². The molecule has 0 fully saturated rings. The summed E-state index contributed by atoms with van der Waals surface area (Å²) in [4.78, 5) is 8.35. The number of aliphatic hydroxyl groups excluding tert-OH is 1. The molecule has 0 amide bonds. The zero-order valence-electron chi connectivity index (χ0n) is 5.29. The molecule has 0 aromatic carbocycles. The first-order valence-corrected chi connectivity index (χ1v) is 2.59. The lowest BCUT2D eigenvalue weighted by Crippen LogP contribution is -2.01. The van der Waals surface area contributed by atoms with Crippen molar-refractivity contribution >= 4 is 6.08 Å². The number of rotatable bonds is 2. The maximum Gasteiger partial charge on any atom is 0.231 e. The summed E-state index contributed by atoms with van der Waals surface area (Å²) in [5.41, 5.74) is 0. The molecule has 0 aliphatic rings. The highest BCUT2D eigenvalue weighted by molar-refractivity contribution is 5.26. The third-order valence-electron chi connectivity index (χ3n) is 0.547. The van der Waals surface area contributed by atoms with Gasteiger partial charge >= 0.3 is 0 Å². The lowest BCUT2D eigenvalue weighted by Gasteiger charge is -1.94. The van der Waals surface area contributed by atoms with E-state index in [-0.39, 0.29) is 0 Å². The van der Waals surface area contributed by atoms with E-state index in [0.717, 1.165) is 12.5 Å². The lowest BCUT2D eigenvalue weighted by molar-refractivity contribution is -0.0453. The van der Waals surface area contributed by atoms with Crippen molar-refractivity contribution in [2.24, 2.45) is 0 Å². The Hall–Kier alpha value is -0.700. The average molecular weight is 133 g/mol. The molecule has 4 nitrogen and oxygen atoms in total. The van der Waals surface area contributed by atoms with Crippen LogP contribution in [0.2, 0.25) is 0 Å². The summed E-state index contributed by atoms with van der Waals surface area (Å²) in [6.45, 7) is 1.90. The van der Waals surface area contributed by atoms with Gasteiger partial charge in [-0.15, -0.1) is 0 Å². The van der Waals surface area contributed by atoms with E-state index in [9.17, 15) is 0 Å². The van der Waals surface area contributed by atoms with Crippen molar-refractivity contribution in [2.75, 3.05) is 0 Å². The SMILES string of the molecule is CCCC(O)O.N=C=O. The van der Waals surface area contributed by atoms with Gasteiger partial charge in [0.05, 0.1) is 0 Å². The van der Waals surface area contributed by atoms with Gasteiger partial charge in [0.15, 0.2) is 6.29 Å². The Morgan fingerprint density at radius 2 is 2.00 bits per heavy atom. The van der Waals surface area contributed by atoms with Crippen molar-refractivity contribution < 1.29 is 15.0 Å². The number of hydrogen-bond acceptors (Lipinski definition) is 4. The van der Waals surface area contributed by atoms with Crippen LogP contribution < -0.4 is 0 Å². The highest BCUT2D eigenvalue weighted by Gasteiger charge is 1.89. The zero-order chi connectivity index (χ0) is 7.70. The molecule has 0 heterocycles. The Balaban J connectivity index is 0. The van der Waals surface area contributed by atoms with E-state index >= 15 is 0 Å². The summed E-state index contributed by atoms with van der Waals surface area (Å²) in [6, 6.07) is 0. The van der Waals surface area contributed by atoms with Crippen LogP contribution >= 0.6 is 0 Å². The van der Waals surface area contributed by atoms with Crippen molar-refractivity contribution in [1.82, 2.24) is 0 Å². The maximum atomic E-state index is 8.35. The van der Waals surface area contributed by atoms with Gasteiger partial charge < -0.3 is 10.2 Å². The summed E-state index contributed by atoms with van der Waals surface area (Å²) in [5, 5.41) is 21.6. The molecule has 0 aliphatic heterocycles. The fourth-order valence-electron chi connectivity index (χ4n) is 0.258. The van der Waals surface area contributed by atoms with E-state index < -0.39 is 6.29 Å². The fourth-order valence-corrected chi connectivity index (χ4v) is 0.258. The van der Waals surface area contributed by atoms with Gasteiger partial charge in [-0.1, -0.05) is 13.3 Å². The number of nitrogens with one attached hydrogen (secondary N) is 1. The number of aliphatic hydroxyl groups is 2. The predicted molar refractivity (Wildman–Crippen MR) is 31.5 cm³/mol. The van der Waals surface area contributed by atoms with E-state index in [2.05, 4.69) is 0 Å². The molecule has 0 radical (unpaired) electrons. The topological polar surface area (TPSA) is 81.4 Å². The Morgan fingerprint density at radius 1 is 1.67 bits per heavy atom. The molecule has 0 aliphatic carbocycles. The molecule has 0 aromatic rings. The van der Waals surface area contributed by atoms with Crippen molar-refractivity contribution in [3.05, 3.63) is 0 Å². The minimum Gasteiger partial charge on any atom is -0.368 e. The number of carbonyl (C=O) groups excluding carboxylic acids is 1. The zero-order valence-corrected chi connectivity index (χ0v) is 5.29. The van der Waals surface area contributed by atoms with E-state index in [0.29, 0.717) is 6.42 Å². The summed E-state index contributed by atoms with van der Waals surface area (Å²) in [7, 11) is 0. The van der Waals surface area contributed by atoms with Gasteiger partial charge in [-0.25, -0.2) is 10.2 Å². The molecule has 0 bridgehead atoms. The molecular formula is C5H11NO3. The second kappa shape index (κ2) is 10.3. The number of isocyanates is 1. The molecule has 0 spiro atoms. The highest BCUT2D eigenvalue weighted by Crippen LogP contribution is 1.88. The molecule has 54 valence electrons. The Morgan fingerprint density at radius 3 is 2.00 bits per heavy atom. The van der Waals surface area contributed by atoms with Crippen molar-refractivity contribution in [3.63, 3.8) is 0 Å². The van der Waals surface area contributed by atoms with Crippen LogP contribution in [0.5, 0.6) is 0 Å². The highest BCUT2D eigenvalue weighted by atomic mass is 16.5. The normalized spacial score (nSPS) is 7.56. The first-order valence-electron chi connectivity index (χ1n) is 2.59. The summed E-state index contributed by atoms with van der Waals surface area (Å²) < 4.78 is 0. The van der Waals surface area contributed by atoms with Crippen LogP contribution in [-0.2, 0) is 4.79 Å². The Kier molecular flexibility index (Phi) is 12.8. The molecule has 0 atom stereocenters. The molecule has 4 heteroatoms. The average Bonchev–Trinajstić information content (AvgIpc) is 1.67. The molecule has 0 aromatic heterocycles. The molecule has 3 N–H and O–H groups in total. The second-order valence-corrected chi connectivity index (χ2v) is 1.37. The molecule has 0 saturated heterocycles. The molecule has 0 rings (SSSR count). The van der Waals surface area contributed by atoms with Crippen molar-refractivity contribution in [2.45, 2.75) is 26.1 Å². The van der Waals surface area contributed by atoms with E-state index in [1.165, 1.54) is 0 Å². The first-order chi connectivity index (χ1) is 4.18. The van der Waals surface area contributed by atoms with Crippen LogP contribution in [0, 0.1) is 5.41 Å². The van der Waals surface area contributed by atoms with Crippen LogP contribution in [-0.4, -0.2) is 22.6 Å². The minimum atomic E-state index is -1.10. The molecule has 0 unspecified atom stereocenters. The van der Waals surface area contributed by atoms with Crippen molar-refractivity contribution in [1.29, 1.82) is 5.41 Å². The molecule has 0 saturated carbocycles. The Bertz CT molecular complexity index is 76.3. The van der Waals surface area contributed by atoms with E-state index in [4.69, 9.17) is 20.4 Å². The molecule has 9 heavy (non-hydrogen) atoms. The van der Waals surface area contributed by atoms with Gasteiger partial charge in [0, 0.05) is 0 Å². The Labute approximate surface area is 53.6 Å². The largest absolute Gasteiger partial charge is 0.368 e. The fraction of sp³-hybridized carbons (Fsp3) is 0.800. The van der Waals surface area contributed by atoms with Crippen LogP contribution in [0.1, 0.15) is 19.8 Å². The van der Waals surface area contributed by atoms with Crippen molar-refractivity contribution in [3.8, 4) is 0 Å². The predicted octanol–water partition coefficient (Wildman–Crippen LogP) is -0.00183. The van der Waals surface area contributed by atoms with Crippen LogP contribution in [0.15, 0.2) is 0 Å². The maximum absolute atomic E-state index is 8.35. The standard InChI is InChI=1S/C4H10O2.CHNO/c1-2-3-4(5)6;2-1-3/h4-6H,2-3H2,1H3;2H. The van der Waals surface area contributed by atoms with Gasteiger partial charge in [-0.2, -0.15) is 0 Å². The summed E-state index contributed by atoms with van der Waals surface area (Å²) >= 11 is 0. The lowest BCUT2D eigenvalue weighted by atomic mass is 10.3. The quantitative estimate of drug-likeness (QED) is 0.281. The van der Waals surface area contributed by atoms with Crippen LogP contribution in [0.4, 0.5) is 0 Å². The minimum absolute atomic E-state index is 0.486. The number of hydrogen-bond donors (Lipinski definition) is 3. The van der Waals surface area contributed by atoms with Gasteiger partial charge in [-0.3, -0.25) is 0 Å². The summed E-state index contributed by atoms with van der Waals surface area (Å²) in [6.07, 6.45) is 0.965. The van der Waals surface area contributed by atoms with E-state index in [1.54, 1.807) is 0 Å². The van der Waals surface area contributed by atoms with Gasteiger partial charge in [0.1, 0.15) is 0 Å². The van der Waals surface area contributed by atoms with Crippen LogP contribution in [0.3, 0.4) is 0 Å². The second-order valence-electron chi connectivity index (χ2n) is 1.37. The van der Waals surface area contributed by atoms with E-state index in [1.807, 2.05) is 6.92 Å². The third kappa shape index (κ3) is 38.8. The third-order valence-corrected chi connectivity index (χ3v) is 0.547. The monoisotopic (exact) mass is 133 g/mol. The summed E-state index contributed by atoms with van der Waals surface area (Å²) in [5.74, 6) is 0. The molecular weight excluding hydrogens is 122 g/mol.